The fourth-order valence-corrected chi connectivity index (χ4v) is 8.29. The molecule has 69 heavy (non-hydrogen) atoms. The second kappa shape index (κ2) is 57.4. The first-order valence-corrected chi connectivity index (χ1v) is 29.4. The molecular weight excluding hydrogens is 853 g/mol. The molecule has 1 unspecified atom stereocenters. The minimum atomic E-state index is -0.774. The lowest BCUT2D eigenvalue weighted by atomic mass is 10.0. The fourth-order valence-electron chi connectivity index (χ4n) is 8.29. The van der Waals surface area contributed by atoms with Gasteiger partial charge >= 0.3 is 17.9 Å². The monoisotopic (exact) mass is 963 g/mol. The molecule has 398 valence electrons. The first-order valence-electron chi connectivity index (χ1n) is 29.4. The van der Waals surface area contributed by atoms with Crippen LogP contribution in [0, 0.1) is 0 Å². The van der Waals surface area contributed by atoms with E-state index >= 15 is 0 Å². The summed E-state index contributed by atoms with van der Waals surface area (Å²) in [4.78, 5) is 37.8. The number of unbranched alkanes of at least 4 members (excludes halogenated alkanes) is 30. The average Bonchev–Trinajstić information content (AvgIpc) is 3.35. The molecule has 0 aliphatic carbocycles. The van der Waals surface area contributed by atoms with E-state index in [4.69, 9.17) is 14.2 Å². The summed E-state index contributed by atoms with van der Waals surface area (Å²) >= 11 is 0. The summed E-state index contributed by atoms with van der Waals surface area (Å²) in [5.41, 5.74) is 0. The van der Waals surface area contributed by atoms with Gasteiger partial charge in [0.1, 0.15) is 13.2 Å². The van der Waals surface area contributed by atoms with Crippen LogP contribution in [0.15, 0.2) is 72.9 Å². The van der Waals surface area contributed by atoms with Crippen molar-refractivity contribution in [2.45, 2.75) is 297 Å². The molecule has 0 aliphatic heterocycles. The van der Waals surface area contributed by atoms with Crippen molar-refractivity contribution in [3.63, 3.8) is 0 Å². The number of carbonyl (C=O) groups is 3. The molecule has 6 heteroatoms. The second-order valence-electron chi connectivity index (χ2n) is 19.5. The van der Waals surface area contributed by atoms with E-state index in [1.807, 2.05) is 0 Å². The van der Waals surface area contributed by atoms with Gasteiger partial charge in [0.2, 0.25) is 0 Å². The van der Waals surface area contributed by atoms with Gasteiger partial charge in [-0.25, -0.2) is 0 Å². The highest BCUT2D eigenvalue weighted by atomic mass is 16.6. The summed E-state index contributed by atoms with van der Waals surface area (Å²) in [6.07, 6.45) is 73.8. The van der Waals surface area contributed by atoms with Gasteiger partial charge in [0.15, 0.2) is 6.10 Å². The van der Waals surface area contributed by atoms with Crippen LogP contribution in [0.4, 0.5) is 0 Å². The minimum absolute atomic E-state index is 0.0763. The Kier molecular flexibility index (Phi) is 54.8. The molecule has 0 aromatic rings. The van der Waals surface area contributed by atoms with Crippen molar-refractivity contribution in [3.8, 4) is 0 Å². The van der Waals surface area contributed by atoms with Crippen LogP contribution in [-0.4, -0.2) is 37.2 Å². The highest BCUT2D eigenvalue weighted by Gasteiger charge is 2.19. The number of hydrogen-bond acceptors (Lipinski definition) is 6. The van der Waals surface area contributed by atoms with Gasteiger partial charge < -0.3 is 14.2 Å². The summed E-state index contributed by atoms with van der Waals surface area (Å²) < 4.78 is 16.7. The molecule has 0 rings (SSSR count). The van der Waals surface area contributed by atoms with E-state index in [9.17, 15) is 14.4 Å². The molecule has 0 aromatic heterocycles. The van der Waals surface area contributed by atoms with Gasteiger partial charge in [-0.1, -0.05) is 254 Å². The molecule has 0 saturated heterocycles. The zero-order valence-corrected chi connectivity index (χ0v) is 45.6. The summed E-state index contributed by atoms with van der Waals surface area (Å²) in [5.74, 6) is -0.890. The van der Waals surface area contributed by atoms with E-state index in [1.54, 1.807) is 0 Å². The number of carbonyl (C=O) groups excluding carboxylic acids is 3. The van der Waals surface area contributed by atoms with E-state index in [2.05, 4.69) is 93.7 Å². The molecule has 0 aliphatic rings. The standard InChI is InChI=1S/C63H110O6/c1-4-7-10-13-15-17-19-21-23-25-26-27-28-29-30-31-32-33-34-35-36-38-39-41-43-45-47-50-53-56-62(65)68-59-60(58-67-61(64)55-52-49-12-9-6-3)69-63(66)57-54-51-48-46-44-42-40-37-24-22-20-18-16-14-11-8-5-2/h7,10,15-18,21-24,26-27,60H,4-6,8-9,11-14,19-20,25,28-59H2,1-3H3/b10-7-,17-15-,18-16-,23-21-,24-22-,27-26-. The van der Waals surface area contributed by atoms with Crippen molar-refractivity contribution in [2.75, 3.05) is 13.2 Å². The highest BCUT2D eigenvalue weighted by molar-refractivity contribution is 5.71. The lowest BCUT2D eigenvalue weighted by Crippen LogP contribution is -2.30. The Hall–Kier alpha value is -3.15. The first-order chi connectivity index (χ1) is 34.0. The maximum atomic E-state index is 12.8. The van der Waals surface area contributed by atoms with E-state index in [0.29, 0.717) is 19.3 Å². The fraction of sp³-hybridized carbons (Fsp3) is 0.762. The molecule has 0 amide bonds. The van der Waals surface area contributed by atoms with Gasteiger partial charge in [0.25, 0.3) is 0 Å². The van der Waals surface area contributed by atoms with Crippen molar-refractivity contribution in [3.05, 3.63) is 72.9 Å². The summed E-state index contributed by atoms with van der Waals surface area (Å²) in [7, 11) is 0. The second-order valence-corrected chi connectivity index (χ2v) is 19.5. The number of ether oxygens (including phenoxy) is 3. The molecule has 0 spiro atoms. The van der Waals surface area contributed by atoms with Gasteiger partial charge in [-0.3, -0.25) is 14.4 Å². The third kappa shape index (κ3) is 55.6. The summed E-state index contributed by atoms with van der Waals surface area (Å²) in [5, 5.41) is 0. The van der Waals surface area contributed by atoms with Crippen LogP contribution >= 0.6 is 0 Å². The normalized spacial score (nSPS) is 12.6. The molecule has 0 N–H and O–H groups in total. The highest BCUT2D eigenvalue weighted by Crippen LogP contribution is 2.16. The maximum absolute atomic E-state index is 12.8. The third-order valence-electron chi connectivity index (χ3n) is 12.7. The Labute approximate surface area is 427 Å². The van der Waals surface area contributed by atoms with Crippen LogP contribution in [0.25, 0.3) is 0 Å². The van der Waals surface area contributed by atoms with Gasteiger partial charge in [-0.2, -0.15) is 0 Å². The molecule has 0 bridgehead atoms. The van der Waals surface area contributed by atoms with Crippen molar-refractivity contribution in [1.82, 2.24) is 0 Å². The molecule has 0 fully saturated rings. The predicted octanol–water partition coefficient (Wildman–Crippen LogP) is 19.8. The zero-order valence-electron chi connectivity index (χ0n) is 45.6. The Morgan fingerprint density at radius 1 is 0.304 bits per heavy atom. The largest absolute Gasteiger partial charge is 0.462 e. The molecule has 0 radical (unpaired) electrons. The molecular formula is C63H110O6. The Bertz CT molecular complexity index is 1290. The van der Waals surface area contributed by atoms with E-state index in [0.717, 1.165) is 103 Å². The number of esters is 3. The summed E-state index contributed by atoms with van der Waals surface area (Å²) in [6.45, 7) is 6.43. The van der Waals surface area contributed by atoms with E-state index < -0.39 is 6.10 Å². The first kappa shape index (κ1) is 65.8. The van der Waals surface area contributed by atoms with Crippen LogP contribution in [0.3, 0.4) is 0 Å². The van der Waals surface area contributed by atoms with Crippen molar-refractivity contribution in [2.24, 2.45) is 0 Å². The van der Waals surface area contributed by atoms with Crippen LogP contribution in [0.5, 0.6) is 0 Å². The van der Waals surface area contributed by atoms with Crippen LogP contribution in [-0.2, 0) is 28.6 Å². The maximum Gasteiger partial charge on any atom is 0.306 e. The SMILES string of the molecule is CC/C=C\C/C=C\C/C=C\C/C=C\CCCCCCCCCCCCCCCCCCC(=O)OCC(COC(=O)CCCCCCC)OC(=O)CCCCCCCCC/C=C\C/C=C\CCCCC. The topological polar surface area (TPSA) is 78.9 Å². The zero-order chi connectivity index (χ0) is 50.0. The smallest absolute Gasteiger partial charge is 0.306 e. The van der Waals surface area contributed by atoms with Crippen LogP contribution in [0.1, 0.15) is 290 Å². The van der Waals surface area contributed by atoms with Crippen molar-refractivity contribution < 1.29 is 28.6 Å². The number of rotatable bonds is 53. The van der Waals surface area contributed by atoms with E-state index in [-0.39, 0.29) is 31.1 Å². The molecule has 6 nitrogen and oxygen atoms in total. The van der Waals surface area contributed by atoms with Crippen LogP contribution in [0.2, 0.25) is 0 Å². The molecule has 0 aromatic carbocycles. The lowest BCUT2D eigenvalue weighted by Gasteiger charge is -2.18. The van der Waals surface area contributed by atoms with Gasteiger partial charge in [0.05, 0.1) is 0 Å². The predicted molar refractivity (Wildman–Crippen MR) is 298 cm³/mol. The minimum Gasteiger partial charge on any atom is -0.462 e. The Morgan fingerprint density at radius 3 is 0.913 bits per heavy atom. The van der Waals surface area contributed by atoms with Gasteiger partial charge in [-0.05, 0) is 89.9 Å². The van der Waals surface area contributed by atoms with Crippen molar-refractivity contribution in [1.29, 1.82) is 0 Å². The number of allylic oxidation sites excluding steroid dienone is 12. The Balaban J connectivity index is 4.01. The molecule has 1 atom stereocenters. The average molecular weight is 964 g/mol. The van der Waals surface area contributed by atoms with Gasteiger partial charge in [0, 0.05) is 19.3 Å². The van der Waals surface area contributed by atoms with Crippen LogP contribution < -0.4 is 0 Å². The Morgan fingerprint density at radius 2 is 0.565 bits per heavy atom. The third-order valence-corrected chi connectivity index (χ3v) is 12.7. The van der Waals surface area contributed by atoms with Gasteiger partial charge in [-0.15, -0.1) is 0 Å². The number of hydrogen-bond donors (Lipinski definition) is 0. The van der Waals surface area contributed by atoms with Crippen molar-refractivity contribution >= 4 is 17.9 Å². The van der Waals surface area contributed by atoms with E-state index in [1.165, 1.54) is 148 Å². The molecule has 0 saturated carbocycles. The molecule has 0 heterocycles. The summed E-state index contributed by atoms with van der Waals surface area (Å²) in [6, 6.07) is 0. The lowest BCUT2D eigenvalue weighted by molar-refractivity contribution is -0.167. The quantitative estimate of drug-likeness (QED) is 0.0262.